The predicted molar refractivity (Wildman–Crippen MR) is 82.3 cm³/mol. The number of H-pyrrole nitrogens is 1. The van der Waals surface area contributed by atoms with E-state index in [1.807, 2.05) is 6.07 Å². The Morgan fingerprint density at radius 2 is 1.85 bits per heavy atom. The molecule has 0 spiro atoms. The molecule has 6 nitrogen and oxygen atoms in total. The molecule has 0 saturated carbocycles. The molecule has 0 atom stereocenters. The SMILES string of the molecule is Cn1ncc[c]([Sn]([CH3])([CH3])[CH3])c1=O.O=c1[nH]nccc1Cl. The van der Waals surface area contributed by atoms with Crippen molar-refractivity contribution in [3.05, 3.63) is 50.3 Å². The monoisotopic (exact) mass is 404 g/mol. The first-order valence-corrected chi connectivity index (χ1v) is 16.3. The number of aryl methyl sites for hydroxylation is 1. The average Bonchev–Trinajstić information content (AvgIpc) is 2.36. The summed E-state index contributed by atoms with van der Waals surface area (Å²) in [5.41, 5.74) is -0.269. The van der Waals surface area contributed by atoms with Gasteiger partial charge < -0.3 is 0 Å². The third-order valence-electron chi connectivity index (χ3n) is 2.49. The van der Waals surface area contributed by atoms with Gasteiger partial charge in [-0.1, -0.05) is 11.6 Å². The minimum atomic E-state index is -2.19. The van der Waals surface area contributed by atoms with Gasteiger partial charge >= 0.3 is 76.2 Å². The maximum Gasteiger partial charge on any atom is 0.282 e. The summed E-state index contributed by atoms with van der Waals surface area (Å²) in [6.45, 7) is 0. The number of rotatable bonds is 1. The van der Waals surface area contributed by atoms with Crippen LogP contribution in [-0.2, 0) is 7.05 Å². The summed E-state index contributed by atoms with van der Waals surface area (Å²) >= 11 is 3.13. The summed E-state index contributed by atoms with van der Waals surface area (Å²) in [5.74, 6) is 0. The summed E-state index contributed by atoms with van der Waals surface area (Å²) < 4.78 is 2.43. The summed E-state index contributed by atoms with van der Waals surface area (Å²) in [6.07, 6.45) is 3.13. The Morgan fingerprint density at radius 3 is 2.25 bits per heavy atom. The number of nitrogens with one attached hydrogen (secondary N) is 1. The van der Waals surface area contributed by atoms with E-state index >= 15 is 0 Å². The van der Waals surface area contributed by atoms with Crippen LogP contribution in [0.1, 0.15) is 0 Å². The van der Waals surface area contributed by atoms with Crippen LogP contribution in [-0.4, -0.2) is 38.4 Å². The van der Waals surface area contributed by atoms with E-state index in [2.05, 4.69) is 30.1 Å². The van der Waals surface area contributed by atoms with Crippen molar-refractivity contribution in [1.29, 1.82) is 0 Å². The van der Waals surface area contributed by atoms with Gasteiger partial charge in [-0.2, -0.15) is 5.10 Å². The number of aromatic nitrogens is 4. The molecule has 8 heteroatoms. The van der Waals surface area contributed by atoms with E-state index in [9.17, 15) is 9.59 Å². The second-order valence-electron chi connectivity index (χ2n) is 5.16. The first-order chi connectivity index (χ1) is 9.23. The summed E-state index contributed by atoms with van der Waals surface area (Å²) in [7, 11) is 1.70. The fourth-order valence-electron chi connectivity index (χ4n) is 1.40. The second kappa shape index (κ2) is 7.03. The van der Waals surface area contributed by atoms with Crippen molar-refractivity contribution in [1.82, 2.24) is 20.0 Å². The Hall–Kier alpha value is -1.15. The average molecular weight is 403 g/mol. The molecule has 20 heavy (non-hydrogen) atoms. The number of hydrogen-bond donors (Lipinski definition) is 1. The van der Waals surface area contributed by atoms with Crippen molar-refractivity contribution in [2.75, 3.05) is 0 Å². The largest absolute Gasteiger partial charge is 0.282 e. The van der Waals surface area contributed by atoms with Gasteiger partial charge in [0.2, 0.25) is 0 Å². The van der Waals surface area contributed by atoms with Gasteiger partial charge in [-0.05, 0) is 6.07 Å². The summed E-state index contributed by atoms with van der Waals surface area (Å²) in [6, 6.07) is 3.30. The van der Waals surface area contributed by atoms with Gasteiger partial charge in [0.25, 0.3) is 5.56 Å². The molecular formula is C12H17ClN4O2Sn. The molecule has 0 aliphatic heterocycles. The van der Waals surface area contributed by atoms with Crippen molar-refractivity contribution in [2.24, 2.45) is 7.05 Å². The Morgan fingerprint density at radius 1 is 1.20 bits per heavy atom. The quantitative estimate of drug-likeness (QED) is 0.713. The van der Waals surface area contributed by atoms with Crippen molar-refractivity contribution in [2.45, 2.75) is 14.8 Å². The van der Waals surface area contributed by atoms with Gasteiger partial charge in [0, 0.05) is 6.20 Å². The van der Waals surface area contributed by atoms with E-state index in [-0.39, 0.29) is 16.1 Å². The van der Waals surface area contributed by atoms with Gasteiger partial charge in [-0.3, -0.25) is 4.79 Å². The maximum atomic E-state index is 11.6. The minimum absolute atomic E-state index is 0.0841. The van der Waals surface area contributed by atoms with Crippen LogP contribution in [0.5, 0.6) is 0 Å². The maximum absolute atomic E-state index is 11.6. The van der Waals surface area contributed by atoms with E-state index in [0.29, 0.717) is 0 Å². The molecule has 2 aromatic heterocycles. The number of nitrogens with zero attached hydrogens (tertiary/aromatic N) is 3. The third kappa shape index (κ3) is 4.75. The molecule has 2 heterocycles. The predicted octanol–water partition coefficient (Wildman–Crippen LogP) is 0.749. The van der Waals surface area contributed by atoms with Crippen LogP contribution < -0.4 is 14.7 Å². The van der Waals surface area contributed by atoms with Gasteiger partial charge in [0.1, 0.15) is 5.02 Å². The zero-order valence-electron chi connectivity index (χ0n) is 11.8. The topological polar surface area (TPSA) is 80.6 Å². The molecule has 2 aromatic rings. The Labute approximate surface area is 125 Å². The van der Waals surface area contributed by atoms with Crippen LogP contribution in [0, 0.1) is 0 Å². The van der Waals surface area contributed by atoms with E-state index < -0.39 is 18.4 Å². The van der Waals surface area contributed by atoms with Crippen LogP contribution in [0.25, 0.3) is 0 Å². The van der Waals surface area contributed by atoms with Crippen LogP contribution in [0.15, 0.2) is 34.1 Å². The molecule has 0 bridgehead atoms. The molecule has 0 aliphatic rings. The number of aromatic amines is 1. The van der Waals surface area contributed by atoms with E-state index in [0.717, 1.165) is 3.58 Å². The Bertz CT molecular complexity index is 691. The summed E-state index contributed by atoms with van der Waals surface area (Å²) in [5, 5.41) is 9.64. The van der Waals surface area contributed by atoms with Crippen molar-refractivity contribution in [3.63, 3.8) is 0 Å². The molecule has 0 unspecified atom stereocenters. The Balaban J connectivity index is 0.000000217. The first-order valence-electron chi connectivity index (χ1n) is 5.95. The third-order valence-corrected chi connectivity index (χ3v) is 8.49. The molecule has 0 saturated heterocycles. The fraction of sp³-hybridized carbons (Fsp3) is 0.333. The van der Waals surface area contributed by atoms with Crippen LogP contribution in [0.3, 0.4) is 0 Å². The van der Waals surface area contributed by atoms with Crippen molar-refractivity contribution >= 4 is 33.6 Å². The van der Waals surface area contributed by atoms with E-state index in [1.165, 1.54) is 16.9 Å². The van der Waals surface area contributed by atoms with Crippen LogP contribution in [0.2, 0.25) is 19.8 Å². The zero-order valence-corrected chi connectivity index (χ0v) is 15.5. The van der Waals surface area contributed by atoms with Gasteiger partial charge in [0.05, 0.1) is 0 Å². The van der Waals surface area contributed by atoms with Crippen LogP contribution in [0.4, 0.5) is 0 Å². The second-order valence-corrected chi connectivity index (χ2v) is 19.9. The molecule has 0 amide bonds. The molecular weight excluding hydrogens is 386 g/mol. The molecule has 0 aliphatic carbocycles. The van der Waals surface area contributed by atoms with E-state index in [4.69, 9.17) is 11.6 Å². The van der Waals surface area contributed by atoms with Crippen molar-refractivity contribution < 1.29 is 0 Å². The first kappa shape index (κ1) is 16.9. The number of halogens is 1. The molecule has 0 aromatic carbocycles. The fourth-order valence-corrected chi connectivity index (χ4v) is 5.44. The molecule has 2 rings (SSSR count). The normalized spacial score (nSPS) is 10.7. The molecule has 1 N–H and O–H groups in total. The summed E-state index contributed by atoms with van der Waals surface area (Å²) in [4.78, 5) is 28.6. The Kier molecular flexibility index (Phi) is 5.94. The van der Waals surface area contributed by atoms with E-state index in [1.54, 1.807) is 13.2 Å². The van der Waals surface area contributed by atoms with Crippen molar-refractivity contribution in [3.8, 4) is 0 Å². The minimum Gasteiger partial charge on any atom is -0.266 e. The van der Waals surface area contributed by atoms with Gasteiger partial charge in [-0.25, -0.2) is 5.10 Å². The van der Waals surface area contributed by atoms with Gasteiger partial charge in [0.15, 0.2) is 0 Å². The standard InChI is InChI=1S/C5H5N2O.C4H3ClN2O.3CH3.Sn/c1-7-5(8)3-2-4-6-7;5-3-1-2-6-7-4(3)8;;;;/h2,4H,1H3;1-2H,(H,7,8);3*1H3;. The zero-order chi connectivity index (χ0) is 15.3. The van der Waals surface area contributed by atoms with Crippen LogP contribution >= 0.6 is 11.6 Å². The smallest absolute Gasteiger partial charge is 0.266 e. The molecule has 108 valence electrons. The molecule has 0 radical (unpaired) electrons. The van der Waals surface area contributed by atoms with Gasteiger partial charge in [-0.15, -0.1) is 0 Å². The number of hydrogen-bond acceptors (Lipinski definition) is 4. The molecule has 0 fully saturated rings.